The molecule has 0 aliphatic heterocycles. The molecular weight excluding hydrogens is 270 g/mol. The third-order valence-corrected chi connectivity index (χ3v) is 6.42. The van der Waals surface area contributed by atoms with Crippen LogP contribution in [-0.4, -0.2) is 18.8 Å². The van der Waals surface area contributed by atoms with Crippen molar-refractivity contribution in [3.05, 3.63) is 41.5 Å². The topological polar surface area (TPSA) is 30.0 Å². The fraction of sp³-hybridized carbons (Fsp3) is 0.333. The van der Waals surface area contributed by atoms with Gasteiger partial charge in [-0.2, -0.15) is 0 Å². The first-order valence-electron chi connectivity index (χ1n) is 6.32. The highest BCUT2D eigenvalue weighted by Crippen LogP contribution is 2.30. The van der Waals surface area contributed by atoms with Crippen molar-refractivity contribution < 1.29 is 4.79 Å². The molecule has 1 heterocycles. The minimum Gasteiger partial charge on any atom is -0.300 e. The molecule has 19 heavy (non-hydrogen) atoms. The van der Waals surface area contributed by atoms with Gasteiger partial charge in [-0.3, -0.25) is 4.79 Å². The van der Waals surface area contributed by atoms with E-state index in [9.17, 15) is 4.79 Å². The summed E-state index contributed by atoms with van der Waals surface area (Å²) in [5, 5.41) is 0. The molecule has 1 atom stereocenters. The molecule has 2 nitrogen and oxygen atoms in total. The van der Waals surface area contributed by atoms with Gasteiger partial charge in [-0.05, 0) is 18.1 Å². The SMILES string of the molecule is CC(=O)[C@H](c1ccc(-c2cn[c]s2)cc1)[Si](C)(C)C. The van der Waals surface area contributed by atoms with Crippen LogP contribution in [0.15, 0.2) is 30.5 Å². The number of Topliss-reactive ketones (excluding diaryl/α,β-unsaturated/α-hetero) is 1. The molecule has 2 rings (SSSR count). The van der Waals surface area contributed by atoms with Gasteiger partial charge in [-0.15, -0.1) is 11.3 Å². The van der Waals surface area contributed by atoms with Gasteiger partial charge in [0, 0.05) is 11.7 Å². The third-order valence-electron chi connectivity index (χ3n) is 3.19. The van der Waals surface area contributed by atoms with Gasteiger partial charge in [-0.25, -0.2) is 4.98 Å². The molecular formula is C15H18NOSSi. The second-order valence-electron chi connectivity index (χ2n) is 5.85. The van der Waals surface area contributed by atoms with Gasteiger partial charge < -0.3 is 0 Å². The van der Waals surface area contributed by atoms with E-state index >= 15 is 0 Å². The Kier molecular flexibility index (Phi) is 4.01. The van der Waals surface area contributed by atoms with E-state index in [-0.39, 0.29) is 11.3 Å². The van der Waals surface area contributed by atoms with E-state index in [1.165, 1.54) is 11.3 Å². The molecule has 0 spiro atoms. The van der Waals surface area contributed by atoms with Gasteiger partial charge in [0.1, 0.15) is 5.78 Å². The maximum Gasteiger partial charge on any atom is 0.152 e. The van der Waals surface area contributed by atoms with Crippen LogP contribution in [0.1, 0.15) is 18.0 Å². The molecule has 0 saturated heterocycles. The van der Waals surface area contributed by atoms with E-state index in [4.69, 9.17) is 0 Å². The summed E-state index contributed by atoms with van der Waals surface area (Å²) in [5.74, 6) is 0.276. The van der Waals surface area contributed by atoms with E-state index in [0.29, 0.717) is 0 Å². The summed E-state index contributed by atoms with van der Waals surface area (Å²) in [4.78, 5) is 17.0. The van der Waals surface area contributed by atoms with Gasteiger partial charge in [0.05, 0.1) is 13.0 Å². The molecule has 0 amide bonds. The molecule has 0 unspecified atom stereocenters. The third kappa shape index (κ3) is 3.19. The van der Waals surface area contributed by atoms with Gasteiger partial charge in [0.25, 0.3) is 0 Å². The normalized spacial score (nSPS) is 13.3. The van der Waals surface area contributed by atoms with Crippen molar-refractivity contribution in [1.82, 2.24) is 4.98 Å². The highest BCUT2D eigenvalue weighted by molar-refractivity contribution is 7.12. The van der Waals surface area contributed by atoms with Gasteiger partial charge in [0.15, 0.2) is 5.51 Å². The number of aromatic nitrogens is 1. The number of nitrogens with zero attached hydrogens (tertiary/aromatic N) is 1. The Morgan fingerprint density at radius 2 is 1.89 bits per heavy atom. The zero-order chi connectivity index (χ0) is 14.0. The Morgan fingerprint density at radius 3 is 2.32 bits per heavy atom. The lowest BCUT2D eigenvalue weighted by molar-refractivity contribution is -0.116. The van der Waals surface area contributed by atoms with Gasteiger partial charge in [-0.1, -0.05) is 43.9 Å². The first-order valence-corrected chi connectivity index (χ1v) is 10.7. The van der Waals surface area contributed by atoms with Crippen LogP contribution in [0.2, 0.25) is 19.6 Å². The molecule has 0 aliphatic carbocycles. The lowest BCUT2D eigenvalue weighted by Gasteiger charge is -2.27. The number of hydrogen-bond acceptors (Lipinski definition) is 3. The Bertz CT molecular complexity index is 555. The maximum absolute atomic E-state index is 11.9. The van der Waals surface area contributed by atoms with Crippen LogP contribution in [0.3, 0.4) is 0 Å². The lowest BCUT2D eigenvalue weighted by atomic mass is 10.1. The summed E-state index contributed by atoms with van der Waals surface area (Å²) < 4.78 is 0. The molecule has 99 valence electrons. The van der Waals surface area contributed by atoms with E-state index in [1.54, 1.807) is 6.92 Å². The second kappa shape index (κ2) is 5.39. The molecule has 1 aromatic carbocycles. The minimum atomic E-state index is -1.54. The highest BCUT2D eigenvalue weighted by atomic mass is 32.1. The first kappa shape index (κ1) is 14.2. The predicted octanol–water partition coefficient (Wildman–Crippen LogP) is 4.16. The number of ketones is 1. The van der Waals surface area contributed by atoms with Crippen molar-refractivity contribution >= 4 is 25.2 Å². The monoisotopic (exact) mass is 288 g/mol. The molecule has 0 aliphatic rings. The molecule has 0 saturated carbocycles. The van der Waals surface area contributed by atoms with Crippen LogP contribution < -0.4 is 0 Å². The summed E-state index contributed by atoms with van der Waals surface area (Å²) >= 11 is 1.51. The van der Waals surface area contributed by atoms with Gasteiger partial charge in [0.2, 0.25) is 0 Å². The largest absolute Gasteiger partial charge is 0.300 e. The number of rotatable bonds is 4. The number of benzene rings is 1. The van der Waals surface area contributed by atoms with Gasteiger partial charge >= 0.3 is 0 Å². The minimum absolute atomic E-state index is 0.0783. The zero-order valence-electron chi connectivity index (χ0n) is 11.7. The molecule has 0 fully saturated rings. The fourth-order valence-electron chi connectivity index (χ4n) is 2.50. The van der Waals surface area contributed by atoms with Crippen molar-refractivity contribution in [3.8, 4) is 10.4 Å². The van der Waals surface area contributed by atoms with E-state index in [1.807, 2.05) is 6.20 Å². The summed E-state index contributed by atoms with van der Waals surface area (Å²) in [6, 6.07) is 8.32. The smallest absolute Gasteiger partial charge is 0.152 e. The van der Waals surface area contributed by atoms with Crippen molar-refractivity contribution in [2.75, 3.05) is 0 Å². The van der Waals surface area contributed by atoms with E-state index < -0.39 is 8.07 Å². The summed E-state index contributed by atoms with van der Waals surface area (Å²) in [6.45, 7) is 8.43. The van der Waals surface area contributed by atoms with Crippen LogP contribution in [0.4, 0.5) is 0 Å². The zero-order valence-corrected chi connectivity index (χ0v) is 13.5. The van der Waals surface area contributed by atoms with Crippen LogP contribution in [-0.2, 0) is 4.79 Å². The Morgan fingerprint density at radius 1 is 1.26 bits per heavy atom. The number of carbonyl (C=O) groups excluding carboxylic acids is 1. The summed E-state index contributed by atoms with van der Waals surface area (Å²) in [6.07, 6.45) is 1.82. The molecule has 0 bridgehead atoms. The standard InChI is InChI=1S/C15H18NOSSi/c1-11(17)15(19(2,3)4)13-7-5-12(6-8-13)14-9-16-10-18-14/h5-9,15H,1-4H3/t15-/m1/s1. The Labute approximate surface area is 119 Å². The molecule has 1 aromatic heterocycles. The first-order chi connectivity index (χ1) is 8.89. The molecule has 0 N–H and O–H groups in total. The summed E-state index contributed by atoms with van der Waals surface area (Å²) in [5.41, 5.74) is 5.21. The van der Waals surface area contributed by atoms with E-state index in [0.717, 1.165) is 16.0 Å². The highest BCUT2D eigenvalue weighted by Gasteiger charge is 2.31. The maximum atomic E-state index is 11.9. The number of thiazole rings is 1. The van der Waals surface area contributed by atoms with Crippen molar-refractivity contribution in [1.29, 1.82) is 0 Å². The Hall–Kier alpha value is -1.26. The molecule has 1 radical (unpaired) electrons. The molecule has 4 heteroatoms. The fourth-order valence-corrected chi connectivity index (χ4v) is 5.48. The quantitative estimate of drug-likeness (QED) is 0.791. The van der Waals surface area contributed by atoms with Crippen LogP contribution in [0, 0.1) is 5.51 Å². The average Bonchev–Trinajstić information content (AvgIpc) is 2.81. The number of hydrogen-bond donors (Lipinski definition) is 0. The van der Waals surface area contributed by atoms with Crippen molar-refractivity contribution in [2.45, 2.75) is 32.1 Å². The van der Waals surface area contributed by atoms with Crippen LogP contribution in [0.5, 0.6) is 0 Å². The van der Waals surface area contributed by atoms with Crippen LogP contribution in [0.25, 0.3) is 10.4 Å². The predicted molar refractivity (Wildman–Crippen MR) is 83.2 cm³/mol. The van der Waals surface area contributed by atoms with Crippen molar-refractivity contribution in [2.24, 2.45) is 0 Å². The Balaban J connectivity index is 2.34. The number of carbonyl (C=O) groups is 1. The molecule has 2 aromatic rings. The average molecular weight is 288 g/mol. The summed E-state index contributed by atoms with van der Waals surface area (Å²) in [7, 11) is -1.54. The van der Waals surface area contributed by atoms with Crippen LogP contribution >= 0.6 is 11.3 Å². The lowest BCUT2D eigenvalue weighted by Crippen LogP contribution is -2.35. The second-order valence-corrected chi connectivity index (χ2v) is 12.0. The van der Waals surface area contributed by atoms with Crippen molar-refractivity contribution in [3.63, 3.8) is 0 Å². The van der Waals surface area contributed by atoms with E-state index in [2.05, 4.69) is 54.4 Å².